The number of ether oxygens (including phenoxy) is 1. The zero-order valence-electron chi connectivity index (χ0n) is 8.96. The molecule has 16 heavy (non-hydrogen) atoms. The summed E-state index contributed by atoms with van der Waals surface area (Å²) in [7, 11) is -3.54. The van der Waals surface area contributed by atoms with Crippen molar-refractivity contribution in [3.8, 4) is 0 Å². The Hall–Kier alpha value is -0.620. The third-order valence-corrected chi connectivity index (χ3v) is 5.98. The predicted octanol–water partition coefficient (Wildman–Crippen LogP) is 0.443. The summed E-state index contributed by atoms with van der Waals surface area (Å²) in [5, 5.41) is 7.33. The average Bonchev–Trinajstić information content (AvgIpc) is 3.02. The number of rotatable bonds is 4. The lowest BCUT2D eigenvalue weighted by Crippen LogP contribution is -2.41. The Balaban J connectivity index is 2.17. The van der Waals surface area contributed by atoms with Crippen LogP contribution in [0.3, 0.4) is 0 Å². The van der Waals surface area contributed by atoms with Crippen LogP contribution in [0.5, 0.6) is 0 Å². The van der Waals surface area contributed by atoms with E-state index < -0.39 is 26.3 Å². The zero-order chi connectivity index (χ0) is 11.8. The van der Waals surface area contributed by atoms with E-state index in [1.54, 1.807) is 0 Å². The molecule has 0 aromatic heterocycles. The van der Waals surface area contributed by atoms with Crippen LogP contribution < -0.4 is 0 Å². The normalized spacial score (nSPS) is 25.2. The van der Waals surface area contributed by atoms with Gasteiger partial charge in [0.15, 0.2) is 15.1 Å². The number of sulfone groups is 1. The van der Waals surface area contributed by atoms with Gasteiger partial charge in [0.05, 0.1) is 5.25 Å². The summed E-state index contributed by atoms with van der Waals surface area (Å²) in [6.45, 7) is 0.835. The number of hydrogen-bond donors (Lipinski definition) is 1. The third kappa shape index (κ3) is 2.22. The molecule has 1 N–H and O–H groups in total. The van der Waals surface area contributed by atoms with Crippen molar-refractivity contribution in [1.29, 1.82) is 0 Å². The van der Waals surface area contributed by atoms with Crippen molar-refractivity contribution in [3.05, 3.63) is 0 Å². The summed E-state index contributed by atoms with van der Waals surface area (Å²) >= 11 is 0. The lowest BCUT2D eigenvalue weighted by Gasteiger charge is -2.25. The molecule has 1 atom stereocenters. The molecular weight excluding hydrogens is 232 g/mol. The van der Waals surface area contributed by atoms with E-state index in [-0.39, 0.29) is 5.92 Å². The van der Waals surface area contributed by atoms with E-state index in [2.05, 4.69) is 0 Å². The average molecular weight is 248 g/mol. The Morgan fingerprint density at radius 1 is 1.19 bits per heavy atom. The van der Waals surface area contributed by atoms with Crippen molar-refractivity contribution in [3.63, 3.8) is 0 Å². The number of carboxylic acid groups (broad SMARTS) is 1. The number of carbonyl (C=O) groups is 1. The lowest BCUT2D eigenvalue weighted by molar-refractivity contribution is -0.136. The van der Waals surface area contributed by atoms with Gasteiger partial charge in [-0.05, 0) is 31.6 Å². The molecule has 1 heterocycles. The van der Waals surface area contributed by atoms with Gasteiger partial charge in [-0.1, -0.05) is 0 Å². The van der Waals surface area contributed by atoms with Crippen LogP contribution in [0.25, 0.3) is 0 Å². The summed E-state index contributed by atoms with van der Waals surface area (Å²) in [6, 6.07) is 0. The first-order valence-corrected chi connectivity index (χ1v) is 7.17. The fourth-order valence-electron chi connectivity index (χ4n) is 2.22. The Kier molecular flexibility index (Phi) is 3.21. The van der Waals surface area contributed by atoms with Crippen LogP contribution >= 0.6 is 0 Å². The van der Waals surface area contributed by atoms with Gasteiger partial charge in [0.2, 0.25) is 0 Å². The van der Waals surface area contributed by atoms with Gasteiger partial charge in [-0.3, -0.25) is 4.79 Å². The number of aliphatic carboxylic acids is 1. The van der Waals surface area contributed by atoms with Crippen molar-refractivity contribution >= 4 is 15.8 Å². The molecule has 1 aliphatic carbocycles. The predicted molar refractivity (Wildman–Crippen MR) is 56.9 cm³/mol. The summed E-state index contributed by atoms with van der Waals surface area (Å²) < 4.78 is 29.4. The highest BCUT2D eigenvalue weighted by atomic mass is 32.2. The molecule has 0 aromatic carbocycles. The molecule has 92 valence electrons. The Labute approximate surface area is 94.7 Å². The van der Waals surface area contributed by atoms with Gasteiger partial charge < -0.3 is 9.84 Å². The van der Waals surface area contributed by atoms with E-state index in [9.17, 15) is 13.2 Å². The van der Waals surface area contributed by atoms with Crippen molar-refractivity contribution in [1.82, 2.24) is 0 Å². The Bertz CT molecular complexity index is 365. The maximum Gasteiger partial charge on any atom is 0.322 e. The second kappa shape index (κ2) is 4.33. The van der Waals surface area contributed by atoms with Gasteiger partial charge >= 0.3 is 5.97 Å². The zero-order valence-corrected chi connectivity index (χ0v) is 9.78. The quantitative estimate of drug-likeness (QED) is 0.781. The van der Waals surface area contributed by atoms with Gasteiger partial charge in [-0.25, -0.2) is 8.42 Å². The first-order valence-electron chi connectivity index (χ1n) is 5.56. The van der Waals surface area contributed by atoms with E-state index in [0.717, 1.165) is 12.8 Å². The fraction of sp³-hybridized carbons (Fsp3) is 0.900. The number of carboxylic acids is 1. The number of hydrogen-bond acceptors (Lipinski definition) is 4. The summed E-state index contributed by atoms with van der Waals surface area (Å²) in [5.41, 5.74) is 0. The van der Waals surface area contributed by atoms with Crippen molar-refractivity contribution < 1.29 is 23.1 Å². The highest BCUT2D eigenvalue weighted by Gasteiger charge is 2.48. The van der Waals surface area contributed by atoms with Gasteiger partial charge in [-0.2, -0.15) is 0 Å². The third-order valence-electron chi connectivity index (χ3n) is 3.28. The monoisotopic (exact) mass is 248 g/mol. The molecule has 2 fully saturated rings. The van der Waals surface area contributed by atoms with Crippen molar-refractivity contribution in [2.24, 2.45) is 5.92 Å². The van der Waals surface area contributed by atoms with Gasteiger partial charge in [0.25, 0.3) is 0 Å². The summed E-state index contributed by atoms with van der Waals surface area (Å²) in [5.74, 6) is -1.35. The highest BCUT2D eigenvalue weighted by Crippen LogP contribution is 2.38. The van der Waals surface area contributed by atoms with Crippen molar-refractivity contribution in [2.75, 3.05) is 13.2 Å². The van der Waals surface area contributed by atoms with Gasteiger partial charge in [-0.15, -0.1) is 0 Å². The molecule has 0 aromatic rings. The van der Waals surface area contributed by atoms with Crippen LogP contribution in [0.15, 0.2) is 0 Å². The maximum atomic E-state index is 12.2. The molecule has 6 heteroatoms. The fourth-order valence-corrected chi connectivity index (χ4v) is 4.58. The molecule has 2 rings (SSSR count). The van der Waals surface area contributed by atoms with E-state index >= 15 is 0 Å². The largest absolute Gasteiger partial charge is 0.480 e. The molecule has 0 bridgehead atoms. The molecule has 5 nitrogen and oxygen atoms in total. The highest BCUT2D eigenvalue weighted by molar-refractivity contribution is 7.93. The van der Waals surface area contributed by atoms with E-state index in [1.807, 2.05) is 0 Å². The topological polar surface area (TPSA) is 80.7 Å². The molecule has 1 saturated carbocycles. The van der Waals surface area contributed by atoms with Crippen LogP contribution in [-0.2, 0) is 19.4 Å². The second-order valence-electron chi connectivity index (χ2n) is 4.50. The molecule has 1 saturated heterocycles. The van der Waals surface area contributed by atoms with Gasteiger partial charge in [0.1, 0.15) is 0 Å². The molecule has 1 aliphatic heterocycles. The molecule has 0 amide bonds. The lowest BCUT2D eigenvalue weighted by atomic mass is 10.2. The Morgan fingerprint density at radius 2 is 1.75 bits per heavy atom. The smallest absolute Gasteiger partial charge is 0.322 e. The minimum atomic E-state index is -3.54. The van der Waals surface area contributed by atoms with Crippen LogP contribution in [-0.4, -0.2) is 43.2 Å². The molecular formula is C10H16O5S. The van der Waals surface area contributed by atoms with Crippen LogP contribution in [0.2, 0.25) is 0 Å². The minimum Gasteiger partial charge on any atom is -0.480 e. The van der Waals surface area contributed by atoms with Crippen molar-refractivity contribution in [2.45, 2.75) is 36.2 Å². The summed E-state index contributed by atoms with van der Waals surface area (Å²) in [4.78, 5) is 11.1. The maximum absolute atomic E-state index is 12.2. The SMILES string of the molecule is O=C(O)C(C1CC1)S(=O)(=O)C1CCOCC1. The van der Waals surface area contributed by atoms with Gasteiger partial charge in [0, 0.05) is 13.2 Å². The first kappa shape index (κ1) is 11.9. The van der Waals surface area contributed by atoms with Crippen LogP contribution in [0.4, 0.5) is 0 Å². The molecule has 0 spiro atoms. The van der Waals surface area contributed by atoms with E-state index in [4.69, 9.17) is 9.84 Å². The molecule has 2 aliphatic rings. The molecule has 0 radical (unpaired) electrons. The minimum absolute atomic E-state index is 0.162. The van der Waals surface area contributed by atoms with E-state index in [1.165, 1.54) is 0 Å². The first-order chi connectivity index (χ1) is 7.53. The van der Waals surface area contributed by atoms with Crippen LogP contribution in [0.1, 0.15) is 25.7 Å². The Morgan fingerprint density at radius 3 is 2.19 bits per heavy atom. The van der Waals surface area contributed by atoms with Crippen LogP contribution in [0, 0.1) is 5.92 Å². The second-order valence-corrected chi connectivity index (χ2v) is 6.85. The standard InChI is InChI=1S/C10H16O5S/c11-10(12)9(7-1-2-7)16(13,14)8-3-5-15-6-4-8/h7-9H,1-6H2,(H,11,12). The summed E-state index contributed by atoms with van der Waals surface area (Å²) in [6.07, 6.45) is 2.30. The van der Waals surface area contributed by atoms with E-state index in [0.29, 0.717) is 26.1 Å². The molecule has 1 unspecified atom stereocenters.